The average Bonchev–Trinajstić information content (AvgIpc) is 3.28. The lowest BCUT2D eigenvalue weighted by Gasteiger charge is -2.24. The van der Waals surface area contributed by atoms with Crippen molar-refractivity contribution in [1.29, 1.82) is 0 Å². The van der Waals surface area contributed by atoms with Crippen LogP contribution in [0.2, 0.25) is 0 Å². The maximum absolute atomic E-state index is 4.92. The van der Waals surface area contributed by atoms with Crippen LogP contribution in [0, 0.1) is 6.92 Å². The van der Waals surface area contributed by atoms with Gasteiger partial charge in [0.1, 0.15) is 5.82 Å². The number of para-hydroxylation sites is 2. The molecule has 1 fully saturated rings. The predicted octanol–water partition coefficient (Wildman–Crippen LogP) is 3.31. The molecule has 0 N–H and O–H groups in total. The first-order valence-corrected chi connectivity index (χ1v) is 8.87. The molecule has 0 unspecified atom stereocenters. The molecule has 126 valence electrons. The topological polar surface area (TPSA) is 38.9 Å². The molecule has 1 atom stereocenters. The van der Waals surface area contributed by atoms with E-state index in [1.807, 2.05) is 6.20 Å². The fourth-order valence-electron chi connectivity index (χ4n) is 3.87. The molecule has 0 aliphatic carbocycles. The lowest BCUT2D eigenvalue weighted by molar-refractivity contribution is 0.237. The van der Waals surface area contributed by atoms with Gasteiger partial charge in [0.2, 0.25) is 0 Å². The second-order valence-electron chi connectivity index (χ2n) is 6.85. The van der Waals surface area contributed by atoms with Gasteiger partial charge in [-0.05, 0) is 50.4 Å². The molecule has 0 amide bonds. The Morgan fingerprint density at radius 3 is 2.88 bits per heavy atom. The number of hydrogen-bond acceptors (Lipinski definition) is 3. The molecule has 5 nitrogen and oxygen atoms in total. The van der Waals surface area contributed by atoms with Crippen LogP contribution in [0.5, 0.6) is 0 Å². The van der Waals surface area contributed by atoms with Crippen LogP contribution in [0.3, 0.4) is 0 Å². The Morgan fingerprint density at radius 2 is 2.08 bits per heavy atom. The highest BCUT2D eigenvalue weighted by atomic mass is 15.3. The van der Waals surface area contributed by atoms with E-state index < -0.39 is 0 Å². The van der Waals surface area contributed by atoms with Crippen LogP contribution < -0.4 is 0 Å². The van der Waals surface area contributed by atoms with Gasteiger partial charge in [-0.1, -0.05) is 12.1 Å². The van der Waals surface area contributed by atoms with Crippen LogP contribution in [-0.2, 0) is 13.6 Å². The minimum absolute atomic E-state index is 0.446. The third kappa shape index (κ3) is 2.84. The molecule has 1 aromatic carbocycles. The summed E-state index contributed by atoms with van der Waals surface area (Å²) in [6, 6.07) is 8.87. The van der Waals surface area contributed by atoms with Crippen molar-refractivity contribution in [2.75, 3.05) is 13.1 Å². The molecule has 0 radical (unpaired) electrons. The first kappa shape index (κ1) is 15.4. The molecule has 1 aliphatic heterocycles. The number of nitrogens with zero attached hydrogens (tertiary/aromatic N) is 5. The third-order valence-electron chi connectivity index (χ3n) is 5.08. The van der Waals surface area contributed by atoms with Gasteiger partial charge in [-0.15, -0.1) is 0 Å². The molecule has 0 spiro atoms. The highest BCUT2D eigenvalue weighted by Gasteiger charge is 2.29. The monoisotopic (exact) mass is 323 g/mol. The van der Waals surface area contributed by atoms with Crippen LogP contribution in [0.1, 0.15) is 36.7 Å². The summed E-state index contributed by atoms with van der Waals surface area (Å²) in [5, 5.41) is 4.38. The number of hydrogen-bond donors (Lipinski definition) is 0. The van der Waals surface area contributed by atoms with Crippen LogP contribution in [0.25, 0.3) is 11.0 Å². The Balaban J connectivity index is 1.46. The number of rotatable bonds is 5. The molecule has 4 rings (SSSR count). The summed E-state index contributed by atoms with van der Waals surface area (Å²) in [5.74, 6) is 1.21. The normalized spacial score (nSPS) is 18.7. The van der Waals surface area contributed by atoms with Gasteiger partial charge < -0.3 is 4.57 Å². The van der Waals surface area contributed by atoms with Crippen molar-refractivity contribution in [3.8, 4) is 0 Å². The van der Waals surface area contributed by atoms with Gasteiger partial charge >= 0.3 is 0 Å². The number of likely N-dealkylation sites (tertiary alicyclic amines) is 1. The number of imidazole rings is 1. The minimum atomic E-state index is 0.446. The maximum atomic E-state index is 4.92. The Kier molecular flexibility index (Phi) is 4.10. The molecule has 5 heteroatoms. The first-order valence-electron chi connectivity index (χ1n) is 8.87. The van der Waals surface area contributed by atoms with E-state index in [9.17, 15) is 0 Å². The van der Waals surface area contributed by atoms with Crippen LogP contribution in [-0.4, -0.2) is 37.3 Å². The van der Waals surface area contributed by atoms with Crippen LogP contribution in [0.15, 0.2) is 36.7 Å². The summed E-state index contributed by atoms with van der Waals surface area (Å²) < 4.78 is 4.32. The van der Waals surface area contributed by atoms with E-state index in [4.69, 9.17) is 4.98 Å². The van der Waals surface area contributed by atoms with Crippen molar-refractivity contribution in [3.05, 3.63) is 48.0 Å². The number of aromatic nitrogens is 4. The quantitative estimate of drug-likeness (QED) is 0.723. The van der Waals surface area contributed by atoms with Gasteiger partial charge in [0.15, 0.2) is 0 Å². The second-order valence-corrected chi connectivity index (χ2v) is 6.85. The molecular formula is C19H25N5. The number of benzene rings is 1. The van der Waals surface area contributed by atoms with E-state index in [1.54, 1.807) is 0 Å². The summed E-state index contributed by atoms with van der Waals surface area (Å²) in [6.07, 6.45) is 7.64. The molecule has 3 heterocycles. The highest BCUT2D eigenvalue weighted by molar-refractivity contribution is 5.75. The predicted molar refractivity (Wildman–Crippen MR) is 95.8 cm³/mol. The largest absolute Gasteiger partial charge is 0.330 e. The first-order chi connectivity index (χ1) is 11.7. The van der Waals surface area contributed by atoms with Gasteiger partial charge in [0, 0.05) is 26.3 Å². The van der Waals surface area contributed by atoms with Gasteiger partial charge in [-0.3, -0.25) is 9.58 Å². The van der Waals surface area contributed by atoms with Crippen molar-refractivity contribution in [3.63, 3.8) is 0 Å². The fourth-order valence-corrected chi connectivity index (χ4v) is 3.87. The van der Waals surface area contributed by atoms with Crippen LogP contribution >= 0.6 is 0 Å². The molecule has 1 aliphatic rings. The Hall–Kier alpha value is -2.14. The Bertz CT molecular complexity index is 831. The molecule has 3 aromatic rings. The van der Waals surface area contributed by atoms with Crippen molar-refractivity contribution < 1.29 is 0 Å². The fraction of sp³-hybridized carbons (Fsp3) is 0.474. The molecule has 1 saturated heterocycles. The van der Waals surface area contributed by atoms with Gasteiger partial charge in [0.05, 0.1) is 23.3 Å². The Morgan fingerprint density at radius 1 is 1.21 bits per heavy atom. The molecule has 0 bridgehead atoms. The maximum Gasteiger partial charge on any atom is 0.127 e. The number of aryl methyl sites for hydroxylation is 3. The third-order valence-corrected chi connectivity index (χ3v) is 5.08. The zero-order valence-corrected chi connectivity index (χ0v) is 14.5. The summed E-state index contributed by atoms with van der Waals surface area (Å²) in [7, 11) is 2.15. The van der Waals surface area contributed by atoms with Crippen LogP contribution in [0.4, 0.5) is 0 Å². The smallest absolute Gasteiger partial charge is 0.127 e. The summed E-state index contributed by atoms with van der Waals surface area (Å²) >= 11 is 0. The molecular weight excluding hydrogens is 298 g/mol. The minimum Gasteiger partial charge on any atom is -0.330 e. The van der Waals surface area contributed by atoms with E-state index in [0.717, 1.165) is 25.0 Å². The molecule has 0 saturated carbocycles. The summed E-state index contributed by atoms with van der Waals surface area (Å²) in [5.41, 5.74) is 3.56. The van der Waals surface area contributed by atoms with Gasteiger partial charge in [-0.2, -0.15) is 5.10 Å². The van der Waals surface area contributed by atoms with Crippen molar-refractivity contribution in [1.82, 2.24) is 24.2 Å². The van der Waals surface area contributed by atoms with Crippen molar-refractivity contribution in [2.24, 2.45) is 7.05 Å². The van der Waals surface area contributed by atoms with E-state index in [2.05, 4.69) is 63.7 Å². The molecule has 24 heavy (non-hydrogen) atoms. The highest BCUT2D eigenvalue weighted by Crippen LogP contribution is 2.32. The van der Waals surface area contributed by atoms with E-state index in [0.29, 0.717) is 6.04 Å². The zero-order chi connectivity index (χ0) is 16.5. The summed E-state index contributed by atoms with van der Waals surface area (Å²) in [6.45, 7) is 5.35. The van der Waals surface area contributed by atoms with Crippen molar-refractivity contribution >= 4 is 11.0 Å². The Labute approximate surface area is 142 Å². The number of fused-ring (bicyclic) bond motifs is 1. The zero-order valence-electron chi connectivity index (χ0n) is 14.5. The standard InChI is InChI=1S/C19H25N5/c1-15-13-20-24(14-15)12-6-11-23-10-5-9-18(23)19-21-16-7-3-4-8-17(16)22(19)2/h3-4,7-8,13-14,18H,5-6,9-12H2,1-2H3/t18-/m0/s1. The van der Waals surface area contributed by atoms with E-state index in [-0.39, 0.29) is 0 Å². The lowest BCUT2D eigenvalue weighted by Crippen LogP contribution is -2.27. The summed E-state index contributed by atoms with van der Waals surface area (Å²) in [4.78, 5) is 7.51. The average molecular weight is 323 g/mol. The lowest BCUT2D eigenvalue weighted by atomic mass is 10.2. The molecule has 2 aromatic heterocycles. The SMILES string of the molecule is Cc1cnn(CCCN2CCC[C@H]2c2nc3ccccc3n2C)c1. The van der Waals surface area contributed by atoms with E-state index >= 15 is 0 Å². The van der Waals surface area contributed by atoms with Gasteiger partial charge in [0.25, 0.3) is 0 Å². The van der Waals surface area contributed by atoms with E-state index in [1.165, 1.54) is 36.3 Å². The second kappa shape index (κ2) is 6.40. The van der Waals surface area contributed by atoms with Crippen molar-refractivity contribution in [2.45, 2.75) is 38.8 Å². The van der Waals surface area contributed by atoms with Gasteiger partial charge in [-0.25, -0.2) is 4.98 Å².